The Morgan fingerprint density at radius 3 is 2.37 bits per heavy atom. The van der Waals surface area contributed by atoms with Crippen molar-refractivity contribution in [3.63, 3.8) is 0 Å². The Bertz CT molecular complexity index is 1200. The quantitative estimate of drug-likeness (QED) is 0.339. The van der Waals surface area contributed by atoms with Gasteiger partial charge in [0.15, 0.2) is 5.01 Å². The smallest absolute Gasteiger partial charge is 0.344 e. The van der Waals surface area contributed by atoms with E-state index >= 15 is 0 Å². The van der Waals surface area contributed by atoms with Crippen molar-refractivity contribution in [2.75, 3.05) is 0 Å². The first-order chi connectivity index (χ1) is 16.4. The van der Waals surface area contributed by atoms with Crippen LogP contribution in [0.25, 0.3) is 10.6 Å². The van der Waals surface area contributed by atoms with E-state index in [1.807, 2.05) is 0 Å². The summed E-state index contributed by atoms with van der Waals surface area (Å²) >= 11 is 14.0. The van der Waals surface area contributed by atoms with Crippen molar-refractivity contribution in [2.45, 2.75) is 38.0 Å². The van der Waals surface area contributed by atoms with E-state index in [0.717, 1.165) is 22.7 Å². The molecule has 0 saturated heterocycles. The second-order valence-electron chi connectivity index (χ2n) is 7.30. The molecule has 0 aliphatic heterocycles. The number of carbonyl (C=O) groups excluding carboxylic acids is 3. The third-order valence-corrected chi connectivity index (χ3v) is 6.84. The zero-order valence-corrected chi connectivity index (χ0v) is 21.0. The third-order valence-electron chi connectivity index (χ3n) is 4.57. The molecule has 3 rings (SSSR count). The molecule has 35 heavy (non-hydrogen) atoms. The van der Waals surface area contributed by atoms with E-state index in [2.05, 4.69) is 20.6 Å². The topological polar surface area (TPSA) is 101 Å². The normalized spacial score (nSPS) is 13.2. The van der Waals surface area contributed by atoms with Crippen molar-refractivity contribution in [3.8, 4) is 10.6 Å². The number of hydrogen-bond acceptors (Lipinski definition) is 7. The standard InChI is InChI=1S/C21H17Cl2F3N4O3S2/c1-10(17(32)30-14(2-3-21(24,25)26)16(31)20-27-4-5-34-20)29-18(33)15-9-28-19(35-15)11-6-12(22)8-13(23)7-11/h4-10,14H,2-3H2,1H3,(H,29,33)(H,30,32)/t10-,14-/m0/s1. The highest BCUT2D eigenvalue weighted by Gasteiger charge is 2.33. The summed E-state index contributed by atoms with van der Waals surface area (Å²) in [5, 5.41) is 7.49. The molecule has 186 valence electrons. The van der Waals surface area contributed by atoms with Crippen molar-refractivity contribution < 1.29 is 27.6 Å². The first-order valence-corrected chi connectivity index (χ1v) is 12.4. The molecule has 3 aromatic rings. The molecule has 0 radical (unpaired) electrons. The molecule has 0 fully saturated rings. The van der Waals surface area contributed by atoms with Crippen molar-refractivity contribution >= 4 is 63.5 Å². The van der Waals surface area contributed by atoms with Crippen LogP contribution < -0.4 is 10.6 Å². The van der Waals surface area contributed by atoms with Gasteiger partial charge in [0.05, 0.1) is 12.2 Å². The lowest BCUT2D eigenvalue weighted by Gasteiger charge is -2.20. The average molecular weight is 565 g/mol. The van der Waals surface area contributed by atoms with Crippen molar-refractivity contribution in [3.05, 3.63) is 55.9 Å². The zero-order valence-electron chi connectivity index (χ0n) is 17.9. The number of Topliss-reactive ketones (excluding diaryl/α,β-unsaturated/α-hetero) is 1. The molecule has 0 aliphatic rings. The fourth-order valence-electron chi connectivity index (χ4n) is 2.89. The highest BCUT2D eigenvalue weighted by Crippen LogP contribution is 2.30. The van der Waals surface area contributed by atoms with Gasteiger partial charge in [0.1, 0.15) is 15.9 Å². The Kier molecular flexibility index (Phi) is 8.86. The molecule has 14 heteroatoms. The summed E-state index contributed by atoms with van der Waals surface area (Å²) in [4.78, 5) is 45.9. The van der Waals surface area contributed by atoms with Crippen LogP contribution in [0, 0.1) is 0 Å². The van der Waals surface area contributed by atoms with Crippen LogP contribution in [0.15, 0.2) is 36.0 Å². The number of benzene rings is 1. The summed E-state index contributed by atoms with van der Waals surface area (Å²) in [6, 6.07) is 2.22. The van der Waals surface area contributed by atoms with Gasteiger partial charge < -0.3 is 10.6 Å². The number of carbonyl (C=O) groups is 3. The van der Waals surface area contributed by atoms with Crippen LogP contribution in [0.4, 0.5) is 13.2 Å². The van der Waals surface area contributed by atoms with Crippen LogP contribution >= 0.6 is 45.9 Å². The predicted molar refractivity (Wildman–Crippen MR) is 128 cm³/mol. The number of amides is 2. The van der Waals surface area contributed by atoms with E-state index < -0.39 is 48.7 Å². The molecule has 0 aliphatic carbocycles. The fraction of sp³-hybridized carbons (Fsp3) is 0.286. The SMILES string of the molecule is C[C@H](NC(=O)c1cnc(-c2cc(Cl)cc(Cl)c2)s1)C(=O)N[C@@H](CCC(F)(F)F)C(=O)c1nccs1. The van der Waals surface area contributed by atoms with E-state index in [-0.39, 0.29) is 9.88 Å². The van der Waals surface area contributed by atoms with E-state index in [4.69, 9.17) is 23.2 Å². The highest BCUT2D eigenvalue weighted by atomic mass is 35.5. The number of rotatable bonds is 9. The maximum atomic E-state index is 12.7. The fourth-order valence-corrected chi connectivity index (χ4v) is 4.85. The van der Waals surface area contributed by atoms with Crippen LogP contribution in [0.5, 0.6) is 0 Å². The van der Waals surface area contributed by atoms with Crippen molar-refractivity contribution in [1.82, 2.24) is 20.6 Å². The van der Waals surface area contributed by atoms with Crippen molar-refractivity contribution in [2.24, 2.45) is 0 Å². The monoisotopic (exact) mass is 564 g/mol. The Hall–Kier alpha value is -2.54. The van der Waals surface area contributed by atoms with Gasteiger partial charge in [0.25, 0.3) is 5.91 Å². The summed E-state index contributed by atoms with van der Waals surface area (Å²) in [6.45, 7) is 1.35. The van der Waals surface area contributed by atoms with Gasteiger partial charge in [-0.3, -0.25) is 14.4 Å². The maximum Gasteiger partial charge on any atom is 0.389 e. The number of hydrogen-bond donors (Lipinski definition) is 2. The van der Waals surface area contributed by atoms with Gasteiger partial charge in [-0.05, 0) is 31.5 Å². The van der Waals surface area contributed by atoms with Gasteiger partial charge in [-0.15, -0.1) is 22.7 Å². The van der Waals surface area contributed by atoms with Crippen LogP contribution in [0.2, 0.25) is 10.0 Å². The Balaban J connectivity index is 1.66. The highest BCUT2D eigenvalue weighted by molar-refractivity contribution is 7.16. The van der Waals surface area contributed by atoms with E-state index in [0.29, 0.717) is 20.6 Å². The lowest BCUT2D eigenvalue weighted by molar-refractivity contribution is -0.137. The summed E-state index contributed by atoms with van der Waals surface area (Å²) in [6.07, 6.45) is -3.79. The average Bonchev–Trinajstić information content (AvgIpc) is 3.47. The molecule has 2 atom stereocenters. The first kappa shape index (κ1) is 27.1. The van der Waals surface area contributed by atoms with Crippen LogP contribution in [0.1, 0.15) is 39.2 Å². The minimum absolute atomic E-state index is 0.0209. The Labute approximate surface area is 215 Å². The summed E-state index contributed by atoms with van der Waals surface area (Å²) in [5.74, 6) is -2.17. The summed E-state index contributed by atoms with van der Waals surface area (Å²) in [5.41, 5.74) is 0.602. The second-order valence-corrected chi connectivity index (χ2v) is 10.1. The largest absolute Gasteiger partial charge is 0.389 e. The van der Waals surface area contributed by atoms with E-state index in [1.165, 1.54) is 24.7 Å². The predicted octanol–water partition coefficient (Wildman–Crippen LogP) is 5.40. The second kappa shape index (κ2) is 11.5. The molecule has 2 aromatic heterocycles. The summed E-state index contributed by atoms with van der Waals surface area (Å²) < 4.78 is 38.2. The molecule has 0 bridgehead atoms. The summed E-state index contributed by atoms with van der Waals surface area (Å²) in [7, 11) is 0. The molecule has 0 unspecified atom stereocenters. The third kappa shape index (κ3) is 7.72. The van der Waals surface area contributed by atoms with Gasteiger partial charge >= 0.3 is 6.18 Å². The molecule has 1 aromatic carbocycles. The lowest BCUT2D eigenvalue weighted by atomic mass is 10.1. The number of nitrogens with zero attached hydrogens (tertiary/aromatic N) is 2. The molecule has 0 spiro atoms. The van der Waals surface area contributed by atoms with E-state index in [1.54, 1.807) is 18.2 Å². The zero-order chi connectivity index (χ0) is 25.8. The Morgan fingerprint density at radius 1 is 1.09 bits per heavy atom. The van der Waals surface area contributed by atoms with Crippen LogP contribution in [-0.4, -0.2) is 45.8 Å². The number of halogens is 5. The molecular weight excluding hydrogens is 548 g/mol. The number of ketones is 1. The van der Waals surface area contributed by atoms with E-state index in [9.17, 15) is 27.6 Å². The maximum absolute atomic E-state index is 12.7. The minimum Gasteiger partial charge on any atom is -0.344 e. The van der Waals surface area contributed by atoms with Crippen molar-refractivity contribution in [1.29, 1.82) is 0 Å². The first-order valence-electron chi connectivity index (χ1n) is 9.97. The van der Waals surface area contributed by atoms with Gasteiger partial charge in [0.2, 0.25) is 11.7 Å². The van der Waals surface area contributed by atoms with Crippen LogP contribution in [-0.2, 0) is 4.79 Å². The van der Waals surface area contributed by atoms with Gasteiger partial charge in [0, 0.05) is 33.6 Å². The number of alkyl halides is 3. The molecular formula is C21H17Cl2F3N4O3S2. The number of aromatic nitrogens is 2. The van der Waals surface area contributed by atoms with Crippen LogP contribution in [0.3, 0.4) is 0 Å². The molecule has 0 saturated carbocycles. The number of nitrogens with one attached hydrogen (secondary N) is 2. The van der Waals surface area contributed by atoms with Gasteiger partial charge in [-0.1, -0.05) is 23.2 Å². The lowest BCUT2D eigenvalue weighted by Crippen LogP contribution is -2.50. The van der Waals surface area contributed by atoms with Gasteiger partial charge in [-0.2, -0.15) is 13.2 Å². The van der Waals surface area contributed by atoms with Gasteiger partial charge in [-0.25, -0.2) is 9.97 Å². The molecule has 7 nitrogen and oxygen atoms in total. The molecule has 2 heterocycles. The molecule has 2 amide bonds. The Morgan fingerprint density at radius 2 is 1.77 bits per heavy atom. The number of thiazole rings is 2. The molecule has 2 N–H and O–H groups in total. The minimum atomic E-state index is -4.51.